The molecule has 0 bridgehead atoms. The topological polar surface area (TPSA) is 53.6 Å². The number of aromatic nitrogens is 3. The zero-order valence-corrected chi connectivity index (χ0v) is 15.4. The zero-order chi connectivity index (χ0) is 18.2. The highest BCUT2D eigenvalue weighted by molar-refractivity contribution is 5.93. The maximum Gasteiger partial charge on any atom is 0.130 e. The van der Waals surface area contributed by atoms with Gasteiger partial charge >= 0.3 is 0 Å². The second-order valence-electron chi connectivity index (χ2n) is 7.22. The van der Waals surface area contributed by atoms with E-state index in [1.165, 1.54) is 22.9 Å². The fourth-order valence-corrected chi connectivity index (χ4v) is 4.16. The van der Waals surface area contributed by atoms with Crippen molar-refractivity contribution in [2.24, 2.45) is 0 Å². The molecule has 134 valence electrons. The number of nitrogens with zero attached hydrogens (tertiary/aromatic N) is 2. The van der Waals surface area contributed by atoms with E-state index in [9.17, 15) is 0 Å². The maximum absolute atomic E-state index is 4.70. The van der Waals surface area contributed by atoms with Crippen LogP contribution in [0.15, 0.2) is 60.8 Å². The summed E-state index contributed by atoms with van der Waals surface area (Å²) in [5.74, 6) is 1.67. The summed E-state index contributed by atoms with van der Waals surface area (Å²) in [6, 6.07) is 19.5. The minimum absolute atomic E-state index is 0.304. The van der Waals surface area contributed by atoms with Gasteiger partial charge in [0, 0.05) is 23.2 Å². The van der Waals surface area contributed by atoms with Crippen LogP contribution in [0.3, 0.4) is 0 Å². The van der Waals surface area contributed by atoms with E-state index in [2.05, 4.69) is 69.9 Å². The lowest BCUT2D eigenvalue weighted by Crippen LogP contribution is -2.18. The molecule has 5 rings (SSSR count). The lowest BCUT2D eigenvalue weighted by Gasteiger charge is -2.27. The summed E-state index contributed by atoms with van der Waals surface area (Å²) in [5, 5.41) is 4.86. The SMILES string of the molecule is Cc1nc(NC2CCCc3ccccc32)cc(-c2cccc3cc[nH]c23)n1. The fraction of sp³-hybridized carbons (Fsp3) is 0.217. The Hall–Kier alpha value is -3.14. The molecule has 0 aliphatic heterocycles. The van der Waals surface area contributed by atoms with Crippen LogP contribution in [-0.2, 0) is 6.42 Å². The minimum Gasteiger partial charge on any atom is -0.363 e. The first kappa shape index (κ1) is 16.1. The number of hydrogen-bond acceptors (Lipinski definition) is 3. The van der Waals surface area contributed by atoms with Crippen LogP contribution < -0.4 is 5.32 Å². The van der Waals surface area contributed by atoms with Gasteiger partial charge in [-0.15, -0.1) is 0 Å². The van der Waals surface area contributed by atoms with Gasteiger partial charge in [-0.3, -0.25) is 0 Å². The molecule has 4 nitrogen and oxygen atoms in total. The van der Waals surface area contributed by atoms with Crippen molar-refractivity contribution in [3.05, 3.63) is 77.7 Å². The Balaban J connectivity index is 1.53. The van der Waals surface area contributed by atoms with Gasteiger partial charge in [-0.1, -0.05) is 42.5 Å². The van der Waals surface area contributed by atoms with Crippen molar-refractivity contribution in [3.63, 3.8) is 0 Å². The molecule has 1 aliphatic rings. The molecule has 0 fully saturated rings. The molecular weight excluding hydrogens is 332 g/mol. The Morgan fingerprint density at radius 1 is 1.04 bits per heavy atom. The van der Waals surface area contributed by atoms with Gasteiger partial charge < -0.3 is 10.3 Å². The fourth-order valence-electron chi connectivity index (χ4n) is 4.16. The van der Waals surface area contributed by atoms with Crippen LogP contribution >= 0.6 is 0 Å². The molecule has 2 aromatic carbocycles. The third-order valence-corrected chi connectivity index (χ3v) is 5.39. The molecule has 2 aromatic heterocycles. The number of aromatic amines is 1. The van der Waals surface area contributed by atoms with Crippen LogP contribution in [0, 0.1) is 6.92 Å². The number of fused-ring (bicyclic) bond motifs is 2. The van der Waals surface area contributed by atoms with E-state index in [4.69, 9.17) is 4.98 Å². The van der Waals surface area contributed by atoms with Gasteiger partial charge in [0.05, 0.1) is 17.3 Å². The van der Waals surface area contributed by atoms with E-state index in [0.717, 1.165) is 41.3 Å². The summed E-state index contributed by atoms with van der Waals surface area (Å²) in [6.07, 6.45) is 5.46. The molecule has 0 saturated heterocycles. The van der Waals surface area contributed by atoms with Crippen molar-refractivity contribution in [1.29, 1.82) is 0 Å². The van der Waals surface area contributed by atoms with Gasteiger partial charge in [0.1, 0.15) is 11.6 Å². The minimum atomic E-state index is 0.304. The number of benzene rings is 2. The van der Waals surface area contributed by atoms with E-state index >= 15 is 0 Å². The van der Waals surface area contributed by atoms with Crippen molar-refractivity contribution in [2.45, 2.75) is 32.2 Å². The van der Waals surface area contributed by atoms with Crippen LogP contribution in [0.1, 0.15) is 35.8 Å². The molecule has 0 spiro atoms. The van der Waals surface area contributed by atoms with Crippen molar-refractivity contribution >= 4 is 16.7 Å². The number of hydrogen-bond donors (Lipinski definition) is 2. The number of rotatable bonds is 3. The summed E-state index contributed by atoms with van der Waals surface area (Å²) >= 11 is 0. The molecule has 0 saturated carbocycles. The molecule has 1 aliphatic carbocycles. The normalized spacial score (nSPS) is 16.3. The highest BCUT2D eigenvalue weighted by Gasteiger charge is 2.20. The Labute approximate surface area is 158 Å². The molecule has 2 N–H and O–H groups in total. The van der Waals surface area contributed by atoms with Gasteiger partial charge in [-0.05, 0) is 43.4 Å². The van der Waals surface area contributed by atoms with E-state index in [1.54, 1.807) is 0 Å². The van der Waals surface area contributed by atoms with Gasteiger partial charge in [0.25, 0.3) is 0 Å². The first-order chi connectivity index (χ1) is 13.3. The second kappa shape index (κ2) is 6.54. The predicted molar refractivity (Wildman–Crippen MR) is 110 cm³/mol. The van der Waals surface area contributed by atoms with Crippen molar-refractivity contribution in [3.8, 4) is 11.3 Å². The Bertz CT molecular complexity index is 1110. The van der Waals surface area contributed by atoms with Crippen LogP contribution in [0.5, 0.6) is 0 Å². The largest absolute Gasteiger partial charge is 0.363 e. The van der Waals surface area contributed by atoms with Crippen LogP contribution in [0.4, 0.5) is 5.82 Å². The van der Waals surface area contributed by atoms with Crippen molar-refractivity contribution in [2.75, 3.05) is 5.32 Å². The summed E-state index contributed by atoms with van der Waals surface area (Å²) in [6.45, 7) is 1.96. The second-order valence-corrected chi connectivity index (χ2v) is 7.22. The number of aryl methyl sites for hydroxylation is 2. The summed E-state index contributed by atoms with van der Waals surface area (Å²) in [5.41, 5.74) is 6.01. The third-order valence-electron chi connectivity index (χ3n) is 5.39. The summed E-state index contributed by atoms with van der Waals surface area (Å²) < 4.78 is 0. The highest BCUT2D eigenvalue weighted by atomic mass is 15.0. The van der Waals surface area contributed by atoms with Crippen LogP contribution in [-0.4, -0.2) is 15.0 Å². The van der Waals surface area contributed by atoms with Gasteiger partial charge in [-0.25, -0.2) is 9.97 Å². The predicted octanol–water partition coefficient (Wildman–Crippen LogP) is 5.42. The highest BCUT2D eigenvalue weighted by Crippen LogP contribution is 2.33. The van der Waals surface area contributed by atoms with E-state index in [0.29, 0.717) is 6.04 Å². The number of anilines is 1. The van der Waals surface area contributed by atoms with Crippen LogP contribution in [0.25, 0.3) is 22.2 Å². The lowest BCUT2D eigenvalue weighted by atomic mass is 9.88. The molecule has 27 heavy (non-hydrogen) atoms. The Morgan fingerprint density at radius 3 is 2.93 bits per heavy atom. The zero-order valence-electron chi connectivity index (χ0n) is 15.4. The van der Waals surface area contributed by atoms with Gasteiger partial charge in [0.2, 0.25) is 0 Å². The first-order valence-electron chi connectivity index (χ1n) is 9.54. The lowest BCUT2D eigenvalue weighted by molar-refractivity contribution is 0.598. The Morgan fingerprint density at radius 2 is 1.96 bits per heavy atom. The average molecular weight is 354 g/mol. The molecule has 1 unspecified atom stereocenters. The number of nitrogens with one attached hydrogen (secondary N) is 2. The summed E-state index contributed by atoms with van der Waals surface area (Å²) in [4.78, 5) is 12.7. The standard InChI is InChI=1S/C23H22N4/c1-15-25-21(19-10-4-8-17-12-13-24-23(17)19)14-22(26-15)27-20-11-5-7-16-6-2-3-9-18(16)20/h2-4,6,8-10,12-14,20,24H,5,7,11H2,1H3,(H,25,26,27). The van der Waals surface area contributed by atoms with E-state index in [1.807, 2.05) is 13.1 Å². The molecular formula is C23H22N4. The van der Waals surface area contributed by atoms with Crippen molar-refractivity contribution < 1.29 is 0 Å². The monoisotopic (exact) mass is 354 g/mol. The number of para-hydroxylation sites is 1. The van der Waals surface area contributed by atoms with Crippen molar-refractivity contribution in [1.82, 2.24) is 15.0 Å². The quantitative estimate of drug-likeness (QED) is 0.516. The molecule has 0 amide bonds. The molecule has 4 aromatic rings. The Kier molecular flexibility index (Phi) is 3.89. The maximum atomic E-state index is 4.70. The van der Waals surface area contributed by atoms with E-state index < -0.39 is 0 Å². The molecule has 1 atom stereocenters. The third kappa shape index (κ3) is 2.97. The van der Waals surface area contributed by atoms with Gasteiger partial charge in [-0.2, -0.15) is 0 Å². The molecule has 0 radical (unpaired) electrons. The first-order valence-corrected chi connectivity index (χ1v) is 9.54. The molecule has 2 heterocycles. The van der Waals surface area contributed by atoms with Gasteiger partial charge in [0.15, 0.2) is 0 Å². The summed E-state index contributed by atoms with van der Waals surface area (Å²) in [7, 11) is 0. The molecule has 4 heteroatoms. The smallest absolute Gasteiger partial charge is 0.130 e. The number of H-pyrrole nitrogens is 1. The van der Waals surface area contributed by atoms with E-state index in [-0.39, 0.29) is 0 Å². The van der Waals surface area contributed by atoms with Crippen LogP contribution in [0.2, 0.25) is 0 Å². The average Bonchev–Trinajstić information content (AvgIpc) is 3.17.